The molecule has 0 aliphatic rings. The Morgan fingerprint density at radius 1 is 1.45 bits per heavy atom. The van der Waals surface area contributed by atoms with Gasteiger partial charge in [-0.05, 0) is 26.0 Å². The number of hydrogen-bond acceptors (Lipinski definition) is 4. The molecule has 1 aromatic heterocycles. The van der Waals surface area contributed by atoms with Gasteiger partial charge in [0.1, 0.15) is 0 Å². The SMILES string of the molecule is C=CCn1c(SCC(=O)NC(C)C)nc2ccccc2c1=O. The molecular weight excluding hydrogens is 298 g/mol. The average molecular weight is 317 g/mol. The van der Waals surface area contributed by atoms with Crippen LogP contribution in [0.4, 0.5) is 0 Å². The fraction of sp³-hybridized carbons (Fsp3) is 0.312. The number of hydrogen-bond donors (Lipinski definition) is 1. The van der Waals surface area contributed by atoms with Gasteiger partial charge >= 0.3 is 0 Å². The normalized spacial score (nSPS) is 10.9. The second kappa shape index (κ2) is 7.26. The molecule has 0 radical (unpaired) electrons. The molecule has 2 aromatic rings. The van der Waals surface area contributed by atoms with Crippen LogP contribution in [-0.2, 0) is 11.3 Å². The number of amides is 1. The van der Waals surface area contributed by atoms with E-state index in [4.69, 9.17) is 0 Å². The van der Waals surface area contributed by atoms with E-state index in [-0.39, 0.29) is 23.3 Å². The van der Waals surface area contributed by atoms with Crippen LogP contribution in [0.2, 0.25) is 0 Å². The van der Waals surface area contributed by atoms with Crippen molar-refractivity contribution >= 4 is 28.6 Å². The summed E-state index contributed by atoms with van der Waals surface area (Å²) in [6.45, 7) is 7.86. The summed E-state index contributed by atoms with van der Waals surface area (Å²) in [5.74, 6) is 0.146. The van der Waals surface area contributed by atoms with Gasteiger partial charge in [-0.15, -0.1) is 6.58 Å². The molecule has 0 fully saturated rings. The first-order chi connectivity index (χ1) is 10.5. The predicted octanol–water partition coefficient (Wildman–Crippen LogP) is 2.20. The van der Waals surface area contributed by atoms with Gasteiger partial charge in [-0.3, -0.25) is 14.2 Å². The number of rotatable bonds is 6. The van der Waals surface area contributed by atoms with Gasteiger partial charge < -0.3 is 5.32 Å². The molecule has 0 saturated carbocycles. The first-order valence-corrected chi connectivity index (χ1v) is 8.04. The molecule has 0 unspecified atom stereocenters. The number of benzene rings is 1. The number of carbonyl (C=O) groups is 1. The highest BCUT2D eigenvalue weighted by Crippen LogP contribution is 2.17. The van der Waals surface area contributed by atoms with Crippen molar-refractivity contribution in [3.63, 3.8) is 0 Å². The van der Waals surface area contributed by atoms with Gasteiger partial charge in [0.15, 0.2) is 5.16 Å². The molecule has 6 heteroatoms. The number of nitrogens with one attached hydrogen (secondary N) is 1. The molecule has 1 aromatic carbocycles. The summed E-state index contributed by atoms with van der Waals surface area (Å²) in [6.07, 6.45) is 1.65. The maximum Gasteiger partial charge on any atom is 0.262 e. The van der Waals surface area contributed by atoms with Crippen molar-refractivity contribution in [3.05, 3.63) is 47.3 Å². The molecule has 0 bridgehead atoms. The third kappa shape index (κ3) is 3.76. The Morgan fingerprint density at radius 3 is 2.86 bits per heavy atom. The van der Waals surface area contributed by atoms with Crippen molar-refractivity contribution in [1.82, 2.24) is 14.9 Å². The van der Waals surface area contributed by atoms with E-state index in [9.17, 15) is 9.59 Å². The maximum atomic E-state index is 12.5. The molecule has 0 atom stereocenters. The smallest absolute Gasteiger partial charge is 0.262 e. The Kier molecular flexibility index (Phi) is 5.38. The highest BCUT2D eigenvalue weighted by molar-refractivity contribution is 7.99. The van der Waals surface area contributed by atoms with Gasteiger partial charge in [-0.25, -0.2) is 4.98 Å². The Bertz CT molecular complexity index is 753. The number of carbonyl (C=O) groups excluding carboxylic acids is 1. The van der Waals surface area contributed by atoms with Crippen molar-refractivity contribution in [3.8, 4) is 0 Å². The lowest BCUT2D eigenvalue weighted by molar-refractivity contribution is -0.119. The number of allylic oxidation sites excluding steroid dienone is 1. The molecule has 0 aliphatic heterocycles. The van der Waals surface area contributed by atoms with Crippen LogP contribution in [0.25, 0.3) is 10.9 Å². The summed E-state index contributed by atoms with van der Waals surface area (Å²) in [5.41, 5.74) is 0.525. The van der Waals surface area contributed by atoms with E-state index >= 15 is 0 Å². The van der Waals surface area contributed by atoms with E-state index < -0.39 is 0 Å². The van der Waals surface area contributed by atoms with Crippen LogP contribution in [0.3, 0.4) is 0 Å². The highest BCUT2D eigenvalue weighted by atomic mass is 32.2. The van der Waals surface area contributed by atoms with Crippen LogP contribution in [0, 0.1) is 0 Å². The summed E-state index contributed by atoms with van der Waals surface area (Å²) in [5, 5.41) is 3.92. The average Bonchev–Trinajstić information content (AvgIpc) is 2.48. The Balaban J connectivity index is 2.35. The molecule has 1 N–H and O–H groups in total. The predicted molar refractivity (Wildman–Crippen MR) is 90.2 cm³/mol. The van der Waals surface area contributed by atoms with Crippen LogP contribution < -0.4 is 10.9 Å². The number of aromatic nitrogens is 2. The van der Waals surface area contributed by atoms with E-state index in [1.807, 2.05) is 26.0 Å². The van der Waals surface area contributed by atoms with Crippen molar-refractivity contribution in [2.24, 2.45) is 0 Å². The van der Waals surface area contributed by atoms with E-state index in [1.54, 1.807) is 22.8 Å². The Labute approximate surface area is 133 Å². The third-order valence-corrected chi connectivity index (χ3v) is 3.90. The van der Waals surface area contributed by atoms with Gasteiger partial charge in [0.25, 0.3) is 5.56 Å². The standard InChI is InChI=1S/C16H19N3O2S/c1-4-9-19-15(21)12-7-5-6-8-13(12)18-16(19)22-10-14(20)17-11(2)3/h4-8,11H,1,9-10H2,2-3H3,(H,17,20). The third-order valence-electron chi connectivity index (χ3n) is 2.92. The first-order valence-electron chi connectivity index (χ1n) is 7.05. The van der Waals surface area contributed by atoms with Gasteiger partial charge in [0.2, 0.25) is 5.91 Å². The van der Waals surface area contributed by atoms with E-state index in [2.05, 4.69) is 16.9 Å². The van der Waals surface area contributed by atoms with Crippen LogP contribution in [0.5, 0.6) is 0 Å². The highest BCUT2D eigenvalue weighted by Gasteiger charge is 2.12. The molecule has 2 rings (SSSR count). The van der Waals surface area contributed by atoms with Crippen LogP contribution >= 0.6 is 11.8 Å². The molecule has 5 nitrogen and oxygen atoms in total. The zero-order valence-electron chi connectivity index (χ0n) is 12.7. The Hall–Kier alpha value is -2.08. The van der Waals surface area contributed by atoms with Crippen LogP contribution in [0.15, 0.2) is 46.9 Å². The summed E-state index contributed by atoms with van der Waals surface area (Å²) < 4.78 is 1.54. The second-order valence-corrected chi connectivity index (χ2v) is 6.07. The zero-order valence-corrected chi connectivity index (χ0v) is 13.5. The molecule has 0 spiro atoms. The summed E-state index contributed by atoms with van der Waals surface area (Å²) >= 11 is 1.26. The van der Waals surface area contributed by atoms with E-state index in [0.717, 1.165) is 0 Å². The van der Waals surface area contributed by atoms with E-state index in [1.165, 1.54) is 11.8 Å². The molecule has 22 heavy (non-hydrogen) atoms. The Morgan fingerprint density at radius 2 is 2.18 bits per heavy atom. The zero-order chi connectivity index (χ0) is 16.1. The maximum absolute atomic E-state index is 12.5. The topological polar surface area (TPSA) is 64.0 Å². The van der Waals surface area contributed by atoms with Crippen molar-refractivity contribution in [2.75, 3.05) is 5.75 Å². The number of thioether (sulfide) groups is 1. The summed E-state index contributed by atoms with van der Waals surface area (Å²) in [6, 6.07) is 7.30. The van der Waals surface area contributed by atoms with Gasteiger partial charge in [-0.1, -0.05) is 30.0 Å². The summed E-state index contributed by atoms with van der Waals surface area (Å²) in [4.78, 5) is 28.8. The van der Waals surface area contributed by atoms with E-state index in [0.29, 0.717) is 22.6 Å². The quantitative estimate of drug-likeness (QED) is 0.504. The molecule has 1 heterocycles. The fourth-order valence-corrected chi connectivity index (χ4v) is 2.86. The minimum atomic E-state index is -0.114. The molecule has 1 amide bonds. The molecule has 0 aliphatic carbocycles. The van der Waals surface area contributed by atoms with Crippen molar-refractivity contribution in [1.29, 1.82) is 0 Å². The van der Waals surface area contributed by atoms with Crippen molar-refractivity contribution in [2.45, 2.75) is 31.6 Å². The molecule has 116 valence electrons. The lowest BCUT2D eigenvalue weighted by atomic mass is 10.2. The lowest BCUT2D eigenvalue weighted by Gasteiger charge is -2.12. The van der Waals surface area contributed by atoms with Crippen molar-refractivity contribution < 1.29 is 4.79 Å². The van der Waals surface area contributed by atoms with Gasteiger partial charge in [-0.2, -0.15) is 0 Å². The lowest BCUT2D eigenvalue weighted by Crippen LogP contribution is -2.32. The van der Waals surface area contributed by atoms with Gasteiger partial charge in [0.05, 0.1) is 16.7 Å². The molecular formula is C16H19N3O2S. The summed E-state index contributed by atoms with van der Waals surface area (Å²) in [7, 11) is 0. The number of fused-ring (bicyclic) bond motifs is 1. The van der Waals surface area contributed by atoms with Crippen LogP contribution in [0.1, 0.15) is 13.8 Å². The number of para-hydroxylation sites is 1. The minimum absolute atomic E-state index is 0.0763. The minimum Gasteiger partial charge on any atom is -0.353 e. The largest absolute Gasteiger partial charge is 0.353 e. The second-order valence-electron chi connectivity index (χ2n) is 5.13. The fourth-order valence-electron chi connectivity index (χ4n) is 2.04. The number of nitrogens with zero attached hydrogens (tertiary/aromatic N) is 2. The van der Waals surface area contributed by atoms with Gasteiger partial charge in [0, 0.05) is 12.6 Å². The first kappa shape index (κ1) is 16.3. The monoisotopic (exact) mass is 317 g/mol. The van der Waals surface area contributed by atoms with Crippen LogP contribution in [-0.4, -0.2) is 27.3 Å². The molecule has 0 saturated heterocycles.